The molecular formula is C26H36N6. The van der Waals surface area contributed by atoms with Gasteiger partial charge in [-0.15, -0.1) is 0 Å². The van der Waals surface area contributed by atoms with Gasteiger partial charge in [-0.3, -0.25) is 19.8 Å². The normalized spacial score (nSPS) is 32.2. The number of likely N-dealkylation sites (N-methyl/N-ethyl adjacent to an activating group) is 2. The summed E-state index contributed by atoms with van der Waals surface area (Å²) in [4.78, 5) is 20.3. The highest BCUT2D eigenvalue weighted by molar-refractivity contribution is 5.97. The minimum absolute atomic E-state index is 0.315. The maximum atomic E-state index is 5.26. The number of likely N-dealkylation sites (tertiary alicyclic amines) is 1. The molecular weight excluding hydrogens is 396 g/mol. The molecule has 3 atom stereocenters. The number of pyridine rings is 1. The number of piperazine rings is 1. The molecule has 6 nitrogen and oxygen atoms in total. The van der Waals surface area contributed by atoms with Gasteiger partial charge in [0.1, 0.15) is 11.7 Å². The molecule has 1 aliphatic carbocycles. The van der Waals surface area contributed by atoms with Crippen molar-refractivity contribution >= 4 is 5.84 Å². The third kappa shape index (κ3) is 3.30. The second kappa shape index (κ2) is 7.70. The standard InChI is InChI=1S/C26H36N6/c1-19-7-6-14-27-25(19)22-9-4-8-21(30(22)3)20-17-32-23(28-20)10-5-11-24(32)31-16-15-29(2)26(18-31)12-13-26/h5-7,10-11,14,20-22H,4,8-9,12-13,15-18H2,1-3H3/t20?,21-,22+/m1/s1. The van der Waals surface area contributed by atoms with E-state index in [0.717, 1.165) is 32.0 Å². The molecule has 1 spiro atoms. The Morgan fingerprint density at radius 2 is 2.00 bits per heavy atom. The second-order valence-corrected chi connectivity index (χ2v) is 10.5. The van der Waals surface area contributed by atoms with Crippen molar-refractivity contribution in [3.8, 4) is 0 Å². The van der Waals surface area contributed by atoms with E-state index < -0.39 is 0 Å². The second-order valence-electron chi connectivity index (χ2n) is 10.5. The number of amidine groups is 1. The van der Waals surface area contributed by atoms with E-state index >= 15 is 0 Å². The van der Waals surface area contributed by atoms with Gasteiger partial charge in [0, 0.05) is 44.0 Å². The first-order chi connectivity index (χ1) is 15.6. The lowest BCUT2D eigenvalue weighted by Crippen LogP contribution is -2.55. The first-order valence-electron chi connectivity index (χ1n) is 12.4. The number of aromatic nitrogens is 1. The molecule has 2 saturated heterocycles. The van der Waals surface area contributed by atoms with Crippen molar-refractivity contribution < 1.29 is 0 Å². The third-order valence-electron chi connectivity index (χ3n) is 8.66. The molecule has 1 unspecified atom stereocenters. The quantitative estimate of drug-likeness (QED) is 0.733. The summed E-state index contributed by atoms with van der Waals surface area (Å²) < 4.78 is 0. The van der Waals surface area contributed by atoms with Crippen molar-refractivity contribution in [2.24, 2.45) is 4.99 Å². The average Bonchev–Trinajstić information content (AvgIpc) is 3.43. The number of aryl methyl sites for hydroxylation is 1. The van der Waals surface area contributed by atoms with Crippen LogP contribution in [-0.2, 0) is 0 Å². The molecule has 1 aromatic rings. The van der Waals surface area contributed by atoms with E-state index in [2.05, 4.69) is 64.9 Å². The highest BCUT2D eigenvalue weighted by atomic mass is 15.4. The van der Waals surface area contributed by atoms with Crippen LogP contribution in [0.5, 0.6) is 0 Å². The zero-order valence-corrected chi connectivity index (χ0v) is 19.7. The van der Waals surface area contributed by atoms with Crippen molar-refractivity contribution in [2.45, 2.75) is 62.7 Å². The molecule has 5 heterocycles. The highest BCUT2D eigenvalue weighted by Gasteiger charge is 2.50. The molecule has 0 N–H and O–H groups in total. The smallest absolute Gasteiger partial charge is 0.129 e. The van der Waals surface area contributed by atoms with Crippen LogP contribution in [0.15, 0.2) is 47.4 Å². The molecule has 1 aromatic heterocycles. The van der Waals surface area contributed by atoms with Crippen LogP contribution in [0.25, 0.3) is 0 Å². The number of piperidine rings is 1. The maximum absolute atomic E-state index is 5.26. The van der Waals surface area contributed by atoms with Crippen molar-refractivity contribution in [2.75, 3.05) is 40.3 Å². The van der Waals surface area contributed by atoms with Crippen LogP contribution in [0.2, 0.25) is 0 Å². The van der Waals surface area contributed by atoms with Gasteiger partial charge < -0.3 is 9.80 Å². The summed E-state index contributed by atoms with van der Waals surface area (Å²) in [5, 5.41) is 0. The summed E-state index contributed by atoms with van der Waals surface area (Å²) in [6.07, 6.45) is 15.0. The van der Waals surface area contributed by atoms with Crippen molar-refractivity contribution in [3.05, 3.63) is 53.6 Å². The Kier molecular flexibility index (Phi) is 4.92. The molecule has 32 heavy (non-hydrogen) atoms. The van der Waals surface area contributed by atoms with E-state index in [-0.39, 0.29) is 0 Å². The minimum atomic E-state index is 0.315. The van der Waals surface area contributed by atoms with Gasteiger partial charge in [-0.25, -0.2) is 0 Å². The van der Waals surface area contributed by atoms with Crippen LogP contribution < -0.4 is 0 Å². The summed E-state index contributed by atoms with van der Waals surface area (Å²) in [7, 11) is 4.60. The maximum Gasteiger partial charge on any atom is 0.129 e. The Morgan fingerprint density at radius 1 is 1.12 bits per heavy atom. The lowest BCUT2D eigenvalue weighted by molar-refractivity contribution is 0.0787. The molecule has 0 bridgehead atoms. The third-order valence-corrected chi connectivity index (χ3v) is 8.66. The molecule has 1 saturated carbocycles. The van der Waals surface area contributed by atoms with E-state index in [0.29, 0.717) is 23.7 Å². The number of rotatable bonds is 3. The Labute approximate surface area is 192 Å². The van der Waals surface area contributed by atoms with Gasteiger partial charge in [0.25, 0.3) is 0 Å². The predicted octanol–water partition coefficient (Wildman–Crippen LogP) is 3.19. The topological polar surface area (TPSA) is 38.2 Å². The number of allylic oxidation sites excluding steroid dienone is 2. The van der Waals surface area contributed by atoms with Crippen LogP contribution in [0, 0.1) is 6.92 Å². The molecule has 6 rings (SSSR count). The summed E-state index contributed by atoms with van der Waals surface area (Å²) in [5.41, 5.74) is 2.97. The monoisotopic (exact) mass is 432 g/mol. The van der Waals surface area contributed by atoms with Gasteiger partial charge in [-0.1, -0.05) is 12.1 Å². The van der Waals surface area contributed by atoms with Crippen LogP contribution in [0.4, 0.5) is 0 Å². The van der Waals surface area contributed by atoms with Crippen molar-refractivity contribution in [1.82, 2.24) is 24.6 Å². The largest absolute Gasteiger partial charge is 0.355 e. The summed E-state index contributed by atoms with van der Waals surface area (Å²) in [6, 6.07) is 5.41. The first-order valence-corrected chi connectivity index (χ1v) is 12.4. The molecule has 6 heteroatoms. The van der Waals surface area contributed by atoms with Crippen molar-refractivity contribution in [3.63, 3.8) is 0 Å². The fraction of sp³-hybridized carbons (Fsp3) is 0.615. The Balaban J connectivity index is 1.20. The first kappa shape index (κ1) is 20.4. The molecule has 0 aromatic carbocycles. The van der Waals surface area contributed by atoms with Gasteiger partial charge in [0.15, 0.2) is 0 Å². The lowest BCUT2D eigenvalue weighted by atomic mass is 9.89. The van der Waals surface area contributed by atoms with Crippen LogP contribution in [0.3, 0.4) is 0 Å². The zero-order valence-electron chi connectivity index (χ0n) is 19.7. The van der Waals surface area contributed by atoms with Gasteiger partial charge in [-0.2, -0.15) is 0 Å². The van der Waals surface area contributed by atoms with E-state index in [1.54, 1.807) is 0 Å². The number of nitrogens with zero attached hydrogens (tertiary/aromatic N) is 6. The predicted molar refractivity (Wildman–Crippen MR) is 128 cm³/mol. The van der Waals surface area contributed by atoms with Gasteiger partial charge in [0.2, 0.25) is 0 Å². The summed E-state index contributed by atoms with van der Waals surface area (Å²) in [5.74, 6) is 2.52. The van der Waals surface area contributed by atoms with E-state index in [9.17, 15) is 0 Å². The van der Waals surface area contributed by atoms with E-state index in [1.165, 1.54) is 49.2 Å². The Bertz CT molecular complexity index is 976. The molecule has 3 fully saturated rings. The zero-order chi connectivity index (χ0) is 21.9. The van der Waals surface area contributed by atoms with E-state index in [1.807, 2.05) is 12.3 Å². The van der Waals surface area contributed by atoms with Gasteiger partial charge in [0.05, 0.1) is 17.8 Å². The summed E-state index contributed by atoms with van der Waals surface area (Å²) in [6.45, 7) is 6.61. The summed E-state index contributed by atoms with van der Waals surface area (Å²) >= 11 is 0. The fourth-order valence-corrected chi connectivity index (χ4v) is 6.44. The Morgan fingerprint density at radius 3 is 2.81 bits per heavy atom. The van der Waals surface area contributed by atoms with Crippen molar-refractivity contribution in [1.29, 1.82) is 0 Å². The van der Waals surface area contributed by atoms with Gasteiger partial charge in [-0.05, 0) is 76.9 Å². The molecule has 5 aliphatic rings. The fourth-order valence-electron chi connectivity index (χ4n) is 6.44. The number of hydrogen-bond donors (Lipinski definition) is 0. The molecule has 0 amide bonds. The average molecular weight is 433 g/mol. The SMILES string of the molecule is Cc1cccnc1[C@@H]1CCC[C@H](C2CN3C(N4CCN(C)C5(CC5)C4)=CC=CC3=N2)N1C. The number of fused-ring (bicyclic) bond motifs is 1. The highest BCUT2D eigenvalue weighted by Crippen LogP contribution is 2.44. The molecule has 0 radical (unpaired) electrons. The molecule has 4 aliphatic heterocycles. The van der Waals surface area contributed by atoms with E-state index in [4.69, 9.17) is 9.98 Å². The Hall–Kier alpha value is -2.18. The molecule has 170 valence electrons. The number of aliphatic imine (C=N–C) groups is 1. The van der Waals surface area contributed by atoms with Crippen LogP contribution in [-0.4, -0.2) is 88.3 Å². The minimum Gasteiger partial charge on any atom is -0.355 e. The lowest BCUT2D eigenvalue weighted by Gasteiger charge is -2.45. The van der Waals surface area contributed by atoms with Gasteiger partial charge >= 0.3 is 0 Å². The number of hydrogen-bond acceptors (Lipinski definition) is 6. The van der Waals surface area contributed by atoms with Crippen LogP contribution >= 0.6 is 0 Å². The van der Waals surface area contributed by atoms with Crippen LogP contribution in [0.1, 0.15) is 49.4 Å².